The molecule has 0 amide bonds. The van der Waals surface area contributed by atoms with Crippen LogP contribution >= 0.6 is 0 Å². The summed E-state index contributed by atoms with van der Waals surface area (Å²) in [4.78, 5) is 21.2. The van der Waals surface area contributed by atoms with E-state index in [1.807, 2.05) is 13.0 Å². The summed E-state index contributed by atoms with van der Waals surface area (Å²) in [5.74, 6) is -0.0366. The van der Waals surface area contributed by atoms with Crippen LogP contribution in [0.25, 0.3) is 0 Å². The van der Waals surface area contributed by atoms with E-state index in [0.29, 0.717) is 51.4 Å². The van der Waals surface area contributed by atoms with Gasteiger partial charge in [-0.3, -0.25) is 19.0 Å². The van der Waals surface area contributed by atoms with E-state index in [-0.39, 0.29) is 49.9 Å². The number of carbonyl (C=O) groups is 2. The summed E-state index contributed by atoms with van der Waals surface area (Å²) in [6.45, 7) is 4.40. The van der Waals surface area contributed by atoms with Crippen LogP contribution in [0, 0.1) is 13.8 Å². The van der Waals surface area contributed by atoms with E-state index in [0.717, 1.165) is 17.7 Å². The molecule has 0 radical (unpaired) electrons. The maximum Gasteiger partial charge on any atom is 0.417 e. The van der Waals surface area contributed by atoms with Crippen molar-refractivity contribution >= 4 is 43.4 Å². The SMILES string of the molecule is Cc1ccc(S(=O)(=O)Nc2ccc(OCCOc3ccccc3CC(=O)O)cc2)c(C)c1.O=C(O)Cc1ccccc1OCCOc1ccc(NS(=O)(=O)c2ccccc2C(F)(F)F)cc1. The normalized spacial score (nSPS) is 11.3. The van der Waals surface area contributed by atoms with Gasteiger partial charge in [-0.05, 0) is 98.3 Å². The standard InChI is InChI=1S/C24H25NO6S.C23H20F3NO6S/c1-17-7-12-23(18(2)15-17)32(28,29)25-20-8-10-21(11-9-20)30-13-14-31-22-6-4-3-5-19(22)16-24(26)27;24-23(25,26)19-6-2-4-8-21(19)34(30,31)27-17-9-11-18(12-10-17)32-13-14-33-20-7-3-1-5-16(20)15-22(28)29/h3-12,15,25H,13-14,16H2,1-2H3,(H,26,27);1-12,27H,13-15H2,(H,28,29). The smallest absolute Gasteiger partial charge is 0.417 e. The minimum atomic E-state index is -4.82. The van der Waals surface area contributed by atoms with Gasteiger partial charge in [-0.15, -0.1) is 0 Å². The van der Waals surface area contributed by atoms with Crippen molar-refractivity contribution in [1.82, 2.24) is 0 Å². The number of sulfonamides is 2. The Balaban J connectivity index is 0.000000248. The van der Waals surface area contributed by atoms with Gasteiger partial charge >= 0.3 is 18.1 Å². The van der Waals surface area contributed by atoms with Crippen molar-refractivity contribution < 1.29 is 68.8 Å². The van der Waals surface area contributed by atoms with Gasteiger partial charge in [-0.2, -0.15) is 13.2 Å². The summed E-state index contributed by atoms with van der Waals surface area (Å²) >= 11 is 0. The number of carboxylic acids is 2. The molecule has 66 heavy (non-hydrogen) atoms. The first-order chi connectivity index (χ1) is 31.3. The summed E-state index contributed by atoms with van der Waals surface area (Å²) in [7, 11) is -8.17. The first kappa shape index (κ1) is 49.8. The lowest BCUT2D eigenvalue weighted by molar-refractivity contribution is -0.140. The molecule has 0 saturated heterocycles. The van der Waals surface area contributed by atoms with Gasteiger partial charge in [-0.25, -0.2) is 16.8 Å². The molecule has 19 heteroatoms. The molecule has 348 valence electrons. The second-order valence-electron chi connectivity index (χ2n) is 14.3. The third kappa shape index (κ3) is 14.9. The van der Waals surface area contributed by atoms with Crippen molar-refractivity contribution in [3.8, 4) is 23.0 Å². The number of para-hydroxylation sites is 2. The maximum atomic E-state index is 13.2. The van der Waals surface area contributed by atoms with Gasteiger partial charge in [0.25, 0.3) is 20.0 Å². The summed E-state index contributed by atoms with van der Waals surface area (Å²) in [5.41, 5.74) is 2.03. The molecule has 4 N–H and O–H groups in total. The van der Waals surface area contributed by atoms with Crippen LogP contribution in [0.15, 0.2) is 149 Å². The number of rotatable bonds is 20. The second-order valence-corrected chi connectivity index (χ2v) is 17.6. The molecule has 6 aromatic rings. The predicted molar refractivity (Wildman–Crippen MR) is 239 cm³/mol. The van der Waals surface area contributed by atoms with Gasteiger partial charge in [0.1, 0.15) is 49.4 Å². The number of nitrogens with one attached hydrogen (secondary N) is 2. The van der Waals surface area contributed by atoms with Crippen molar-refractivity contribution in [3.05, 3.63) is 167 Å². The van der Waals surface area contributed by atoms with Crippen LogP contribution in [0.1, 0.15) is 27.8 Å². The van der Waals surface area contributed by atoms with Gasteiger partial charge in [-0.1, -0.05) is 66.2 Å². The predicted octanol–water partition coefficient (Wildman–Crippen LogP) is 8.78. The number of alkyl halides is 3. The molecule has 0 aliphatic carbocycles. The molecule has 0 heterocycles. The van der Waals surface area contributed by atoms with E-state index >= 15 is 0 Å². The third-order valence-electron chi connectivity index (χ3n) is 9.16. The molecule has 0 atom stereocenters. The van der Waals surface area contributed by atoms with Crippen LogP contribution < -0.4 is 28.4 Å². The highest BCUT2D eigenvalue weighted by atomic mass is 32.2. The number of carboxylic acid groups (broad SMARTS) is 2. The van der Waals surface area contributed by atoms with E-state index in [2.05, 4.69) is 9.44 Å². The number of hydrogen-bond donors (Lipinski definition) is 4. The number of halogens is 3. The summed E-state index contributed by atoms with van der Waals surface area (Å²) in [6, 6.07) is 35.0. The molecule has 0 saturated carbocycles. The fourth-order valence-corrected chi connectivity index (χ4v) is 8.80. The van der Waals surface area contributed by atoms with Crippen molar-refractivity contribution in [1.29, 1.82) is 0 Å². The Morgan fingerprint density at radius 2 is 0.939 bits per heavy atom. The highest BCUT2D eigenvalue weighted by Crippen LogP contribution is 2.35. The highest BCUT2D eigenvalue weighted by molar-refractivity contribution is 7.93. The van der Waals surface area contributed by atoms with Crippen LogP contribution in [0.3, 0.4) is 0 Å². The molecule has 0 aliphatic rings. The van der Waals surface area contributed by atoms with Gasteiger partial charge in [0.2, 0.25) is 0 Å². The minimum Gasteiger partial charge on any atom is -0.490 e. The molecule has 0 spiro atoms. The molecule has 0 aliphatic heterocycles. The number of aryl methyl sites for hydroxylation is 2. The van der Waals surface area contributed by atoms with Gasteiger partial charge in [0, 0.05) is 22.5 Å². The maximum absolute atomic E-state index is 13.2. The van der Waals surface area contributed by atoms with Crippen LogP contribution in [-0.4, -0.2) is 65.4 Å². The lowest BCUT2D eigenvalue weighted by Crippen LogP contribution is -2.18. The average molecular weight is 951 g/mol. The molecular formula is C47H45F3N2O12S2. The number of anilines is 2. The number of ether oxygens (including phenoxy) is 4. The molecule has 0 unspecified atom stereocenters. The summed E-state index contributed by atoms with van der Waals surface area (Å²) in [5, 5.41) is 17.9. The molecule has 14 nitrogen and oxygen atoms in total. The van der Waals surface area contributed by atoms with Crippen molar-refractivity contribution in [3.63, 3.8) is 0 Å². The molecule has 6 aromatic carbocycles. The van der Waals surface area contributed by atoms with Crippen LogP contribution in [0.5, 0.6) is 23.0 Å². The summed E-state index contributed by atoms with van der Waals surface area (Å²) < 4.78 is 117. The highest BCUT2D eigenvalue weighted by Gasteiger charge is 2.37. The van der Waals surface area contributed by atoms with E-state index in [9.17, 15) is 39.6 Å². The number of benzene rings is 6. The van der Waals surface area contributed by atoms with Crippen molar-refractivity contribution in [2.24, 2.45) is 0 Å². The topological polar surface area (TPSA) is 204 Å². The Morgan fingerprint density at radius 1 is 0.530 bits per heavy atom. The fraction of sp³-hybridized carbons (Fsp3) is 0.191. The number of hydrogen-bond acceptors (Lipinski definition) is 10. The van der Waals surface area contributed by atoms with E-state index < -0.39 is 48.6 Å². The zero-order chi connectivity index (χ0) is 47.9. The largest absolute Gasteiger partial charge is 0.490 e. The molecule has 0 aromatic heterocycles. The Hall–Kier alpha value is -7.25. The minimum absolute atomic E-state index is 0.0585. The lowest BCUT2D eigenvalue weighted by atomic mass is 10.1. The molecule has 6 rings (SSSR count). The molecule has 0 bridgehead atoms. The lowest BCUT2D eigenvalue weighted by Gasteiger charge is -2.14. The van der Waals surface area contributed by atoms with Crippen molar-refractivity contribution in [2.75, 3.05) is 35.9 Å². The van der Waals surface area contributed by atoms with Crippen LogP contribution in [-0.2, 0) is 48.7 Å². The molecular weight excluding hydrogens is 906 g/mol. The third-order valence-corrected chi connectivity index (χ3v) is 12.1. The quantitative estimate of drug-likeness (QED) is 0.0531. The first-order valence-corrected chi connectivity index (χ1v) is 22.9. The van der Waals surface area contributed by atoms with E-state index in [4.69, 9.17) is 29.2 Å². The van der Waals surface area contributed by atoms with Crippen molar-refractivity contribution in [2.45, 2.75) is 42.7 Å². The summed E-state index contributed by atoms with van der Waals surface area (Å²) in [6.07, 6.45) is -5.11. The Labute approximate surface area is 379 Å². The Kier molecular flexibility index (Phi) is 17.0. The zero-order valence-corrected chi connectivity index (χ0v) is 37.1. The monoisotopic (exact) mass is 950 g/mol. The van der Waals surface area contributed by atoms with Gasteiger partial charge < -0.3 is 29.2 Å². The average Bonchev–Trinajstić information content (AvgIpc) is 3.25. The van der Waals surface area contributed by atoms with E-state index in [1.165, 1.54) is 30.3 Å². The molecule has 0 fully saturated rings. The van der Waals surface area contributed by atoms with Gasteiger partial charge in [0.05, 0.1) is 28.2 Å². The van der Waals surface area contributed by atoms with Gasteiger partial charge in [0.15, 0.2) is 0 Å². The van der Waals surface area contributed by atoms with E-state index in [1.54, 1.807) is 91.9 Å². The zero-order valence-electron chi connectivity index (χ0n) is 35.4. The first-order valence-electron chi connectivity index (χ1n) is 19.9. The number of aliphatic carboxylic acids is 2. The fourth-order valence-electron chi connectivity index (χ4n) is 6.22. The Morgan fingerprint density at radius 3 is 1.38 bits per heavy atom. The van der Waals surface area contributed by atoms with Crippen LogP contribution in [0.4, 0.5) is 24.5 Å². The Bertz CT molecular complexity index is 2820. The van der Waals surface area contributed by atoms with Crippen LogP contribution in [0.2, 0.25) is 0 Å². The second kappa shape index (κ2) is 22.6.